The largest absolute Gasteiger partial charge is 0.481 e. The highest BCUT2D eigenvalue weighted by Gasteiger charge is 2.13. The zero-order chi connectivity index (χ0) is 14.8. The third-order valence-electron chi connectivity index (χ3n) is 3.01. The first kappa shape index (κ1) is 13.0. The van der Waals surface area contributed by atoms with Gasteiger partial charge in [-0.3, -0.25) is 9.48 Å². The van der Waals surface area contributed by atoms with E-state index in [0.717, 1.165) is 0 Å². The third-order valence-corrected chi connectivity index (χ3v) is 3.01. The minimum atomic E-state index is -0.916. The van der Waals surface area contributed by atoms with E-state index in [0.29, 0.717) is 28.2 Å². The Morgan fingerprint density at radius 1 is 1.33 bits per heavy atom. The second kappa shape index (κ2) is 5.20. The number of carbonyl (C=O) groups is 1. The van der Waals surface area contributed by atoms with E-state index in [-0.39, 0.29) is 6.42 Å². The molecule has 7 nitrogen and oxygen atoms in total. The van der Waals surface area contributed by atoms with Crippen LogP contribution in [0.15, 0.2) is 36.8 Å². The number of aliphatic carboxylic acids is 1. The molecule has 0 radical (unpaired) electrons. The normalized spacial score (nSPS) is 10.7. The Morgan fingerprint density at radius 3 is 2.95 bits per heavy atom. The Bertz CT molecular complexity index is 813. The lowest BCUT2D eigenvalue weighted by Gasteiger charge is -2.09. The van der Waals surface area contributed by atoms with Gasteiger partial charge in [0, 0.05) is 12.6 Å². The first-order chi connectivity index (χ1) is 10.1. The molecule has 0 atom stereocenters. The molecule has 1 aromatic carbocycles. The zero-order valence-corrected chi connectivity index (χ0v) is 11.2. The van der Waals surface area contributed by atoms with Crippen molar-refractivity contribution in [1.82, 2.24) is 19.7 Å². The number of aryl methyl sites for hydroxylation is 1. The van der Waals surface area contributed by atoms with Crippen LogP contribution in [0.5, 0.6) is 11.6 Å². The fourth-order valence-electron chi connectivity index (χ4n) is 2.04. The van der Waals surface area contributed by atoms with Crippen molar-refractivity contribution in [2.45, 2.75) is 6.42 Å². The molecule has 2 aromatic heterocycles. The van der Waals surface area contributed by atoms with Crippen molar-refractivity contribution in [3.63, 3.8) is 0 Å². The van der Waals surface area contributed by atoms with Crippen molar-refractivity contribution in [2.24, 2.45) is 7.05 Å². The fraction of sp³-hybridized carbons (Fsp3) is 0.143. The van der Waals surface area contributed by atoms with Crippen LogP contribution in [0.25, 0.3) is 11.0 Å². The van der Waals surface area contributed by atoms with Gasteiger partial charge in [0.25, 0.3) is 0 Å². The molecule has 2 heterocycles. The number of benzene rings is 1. The van der Waals surface area contributed by atoms with Gasteiger partial charge in [-0.25, -0.2) is 9.97 Å². The summed E-state index contributed by atoms with van der Waals surface area (Å²) in [6.45, 7) is 0. The van der Waals surface area contributed by atoms with Gasteiger partial charge < -0.3 is 9.84 Å². The number of aromatic nitrogens is 4. The molecule has 0 aliphatic heterocycles. The van der Waals surface area contributed by atoms with Crippen LogP contribution >= 0.6 is 0 Å². The monoisotopic (exact) mass is 284 g/mol. The average molecular weight is 284 g/mol. The van der Waals surface area contributed by atoms with E-state index < -0.39 is 5.97 Å². The molecule has 0 aliphatic carbocycles. The summed E-state index contributed by atoms with van der Waals surface area (Å²) in [6, 6.07) is 6.97. The van der Waals surface area contributed by atoms with Crippen molar-refractivity contribution in [2.75, 3.05) is 0 Å². The quantitative estimate of drug-likeness (QED) is 0.785. The number of para-hydroxylation sites is 1. The SMILES string of the molecule is Cn1ncc2c(Oc3ccccc3CC(=O)O)ncnc21. The van der Waals surface area contributed by atoms with E-state index in [1.165, 1.54) is 6.33 Å². The average Bonchev–Trinajstić information content (AvgIpc) is 2.83. The fourth-order valence-corrected chi connectivity index (χ4v) is 2.04. The molecule has 21 heavy (non-hydrogen) atoms. The number of hydrogen-bond donors (Lipinski definition) is 1. The van der Waals surface area contributed by atoms with E-state index in [4.69, 9.17) is 9.84 Å². The maximum absolute atomic E-state index is 10.9. The molecule has 0 spiro atoms. The lowest BCUT2D eigenvalue weighted by molar-refractivity contribution is -0.136. The Kier molecular flexibility index (Phi) is 3.23. The minimum absolute atomic E-state index is 0.114. The van der Waals surface area contributed by atoms with Crippen molar-refractivity contribution in [3.8, 4) is 11.6 Å². The molecule has 3 rings (SSSR count). The van der Waals surface area contributed by atoms with Crippen LogP contribution in [0.1, 0.15) is 5.56 Å². The van der Waals surface area contributed by atoms with E-state index in [1.54, 1.807) is 42.2 Å². The van der Waals surface area contributed by atoms with E-state index in [1.807, 2.05) is 0 Å². The summed E-state index contributed by atoms with van der Waals surface area (Å²) in [4.78, 5) is 19.1. The molecule has 1 N–H and O–H groups in total. The van der Waals surface area contributed by atoms with Crippen molar-refractivity contribution in [3.05, 3.63) is 42.4 Å². The molecule has 106 valence electrons. The molecule has 7 heteroatoms. The molecular formula is C14H12N4O3. The van der Waals surface area contributed by atoms with Crippen LogP contribution in [0.4, 0.5) is 0 Å². The van der Waals surface area contributed by atoms with E-state index in [2.05, 4.69) is 15.1 Å². The van der Waals surface area contributed by atoms with Gasteiger partial charge in [0.15, 0.2) is 5.65 Å². The molecule has 0 amide bonds. The molecular weight excluding hydrogens is 272 g/mol. The topological polar surface area (TPSA) is 90.1 Å². The molecule has 0 fully saturated rings. The van der Waals surface area contributed by atoms with Crippen LogP contribution in [0, 0.1) is 0 Å². The summed E-state index contributed by atoms with van der Waals surface area (Å²) in [5.74, 6) is -0.102. The highest BCUT2D eigenvalue weighted by Crippen LogP contribution is 2.28. The van der Waals surface area contributed by atoms with Gasteiger partial charge in [0.2, 0.25) is 5.88 Å². The molecule has 0 unspecified atom stereocenters. The van der Waals surface area contributed by atoms with Gasteiger partial charge >= 0.3 is 5.97 Å². The molecule has 3 aromatic rings. The summed E-state index contributed by atoms with van der Waals surface area (Å²) >= 11 is 0. The number of ether oxygens (including phenoxy) is 1. The molecule has 0 bridgehead atoms. The van der Waals surface area contributed by atoms with Crippen molar-refractivity contribution >= 4 is 17.0 Å². The maximum Gasteiger partial charge on any atom is 0.307 e. The van der Waals surface area contributed by atoms with Gasteiger partial charge in [-0.15, -0.1) is 0 Å². The lowest BCUT2D eigenvalue weighted by atomic mass is 10.1. The maximum atomic E-state index is 10.9. The van der Waals surface area contributed by atoms with E-state index in [9.17, 15) is 4.79 Å². The highest BCUT2D eigenvalue weighted by atomic mass is 16.5. The Labute approximate surface area is 119 Å². The second-order valence-corrected chi connectivity index (χ2v) is 4.46. The molecule has 0 saturated carbocycles. The van der Waals surface area contributed by atoms with Gasteiger partial charge in [0.1, 0.15) is 17.5 Å². The molecule has 0 saturated heterocycles. The van der Waals surface area contributed by atoms with Crippen LogP contribution in [-0.2, 0) is 18.3 Å². The van der Waals surface area contributed by atoms with Gasteiger partial charge in [-0.2, -0.15) is 5.10 Å². The van der Waals surface area contributed by atoms with Crippen LogP contribution in [-0.4, -0.2) is 30.8 Å². The molecule has 0 aliphatic rings. The van der Waals surface area contributed by atoms with Crippen LogP contribution < -0.4 is 4.74 Å². The lowest BCUT2D eigenvalue weighted by Crippen LogP contribution is -2.02. The number of rotatable bonds is 4. The number of carboxylic acids is 1. The Hall–Kier alpha value is -2.96. The summed E-state index contributed by atoms with van der Waals surface area (Å²) in [7, 11) is 1.78. The first-order valence-electron chi connectivity index (χ1n) is 6.25. The smallest absolute Gasteiger partial charge is 0.307 e. The third kappa shape index (κ3) is 2.53. The Morgan fingerprint density at radius 2 is 2.14 bits per heavy atom. The first-order valence-corrected chi connectivity index (χ1v) is 6.25. The standard InChI is InChI=1S/C14H12N4O3/c1-18-13-10(7-17-18)14(16-8-15-13)21-11-5-3-2-4-9(11)6-12(19)20/h2-5,7-8H,6H2,1H3,(H,19,20). The van der Waals surface area contributed by atoms with Crippen molar-refractivity contribution in [1.29, 1.82) is 0 Å². The number of nitrogens with zero attached hydrogens (tertiary/aromatic N) is 4. The minimum Gasteiger partial charge on any atom is -0.481 e. The van der Waals surface area contributed by atoms with E-state index >= 15 is 0 Å². The van der Waals surface area contributed by atoms with Gasteiger partial charge in [-0.1, -0.05) is 18.2 Å². The van der Waals surface area contributed by atoms with Gasteiger partial charge in [-0.05, 0) is 6.07 Å². The Balaban J connectivity index is 2.01. The van der Waals surface area contributed by atoms with Crippen LogP contribution in [0.2, 0.25) is 0 Å². The number of carboxylic acid groups (broad SMARTS) is 1. The van der Waals surface area contributed by atoms with Crippen molar-refractivity contribution < 1.29 is 14.6 Å². The highest BCUT2D eigenvalue weighted by molar-refractivity contribution is 5.80. The predicted octanol–water partition coefficient (Wildman–Crippen LogP) is 1.78. The summed E-state index contributed by atoms with van der Waals surface area (Å²) in [6.07, 6.45) is 2.89. The number of hydrogen-bond acceptors (Lipinski definition) is 5. The van der Waals surface area contributed by atoms with Crippen LogP contribution in [0.3, 0.4) is 0 Å². The summed E-state index contributed by atoms with van der Waals surface area (Å²) in [5, 5.41) is 13.7. The predicted molar refractivity (Wildman–Crippen MR) is 74.2 cm³/mol. The second-order valence-electron chi connectivity index (χ2n) is 4.46. The number of fused-ring (bicyclic) bond motifs is 1. The summed E-state index contributed by atoms with van der Waals surface area (Å²) < 4.78 is 7.39. The van der Waals surface area contributed by atoms with Gasteiger partial charge in [0.05, 0.1) is 12.6 Å². The summed E-state index contributed by atoms with van der Waals surface area (Å²) in [5.41, 5.74) is 1.23. The zero-order valence-electron chi connectivity index (χ0n) is 11.2.